The minimum atomic E-state index is -0.158. The molecule has 0 heterocycles. The first kappa shape index (κ1) is 15.4. The molecule has 2 aromatic rings. The van der Waals surface area contributed by atoms with Crippen molar-refractivity contribution in [1.82, 2.24) is 5.32 Å². The molecule has 110 valence electrons. The van der Waals surface area contributed by atoms with Gasteiger partial charge in [-0.1, -0.05) is 42.8 Å². The molecule has 2 rings (SSSR count). The average Bonchev–Trinajstić information content (AvgIpc) is 2.51. The maximum atomic E-state index is 11.7. The van der Waals surface area contributed by atoms with Crippen LogP contribution >= 0.6 is 11.6 Å². The van der Waals surface area contributed by atoms with Gasteiger partial charge in [0, 0.05) is 11.6 Å². The third-order valence-corrected chi connectivity index (χ3v) is 3.32. The molecule has 0 fully saturated rings. The van der Waals surface area contributed by atoms with E-state index < -0.39 is 0 Å². The van der Waals surface area contributed by atoms with Crippen LogP contribution in [0.1, 0.15) is 18.1 Å². The number of halogens is 1. The molecule has 3 nitrogen and oxygen atoms in total. The van der Waals surface area contributed by atoms with Crippen LogP contribution in [0.3, 0.4) is 0 Å². The van der Waals surface area contributed by atoms with Crippen LogP contribution in [0.25, 0.3) is 0 Å². The number of carbonyl (C=O) groups is 1. The van der Waals surface area contributed by atoms with Gasteiger partial charge in [-0.05, 0) is 41.8 Å². The zero-order chi connectivity index (χ0) is 15.1. The van der Waals surface area contributed by atoms with Crippen molar-refractivity contribution in [3.63, 3.8) is 0 Å². The lowest BCUT2D eigenvalue weighted by atomic mass is 10.2. The summed E-state index contributed by atoms with van der Waals surface area (Å²) in [7, 11) is 0. The fourth-order valence-corrected chi connectivity index (χ4v) is 2.08. The minimum absolute atomic E-state index is 0.00599. The molecule has 0 unspecified atom stereocenters. The Kier molecular flexibility index (Phi) is 5.64. The van der Waals surface area contributed by atoms with E-state index in [4.69, 9.17) is 16.3 Å². The molecular formula is C17H18ClNO2. The molecule has 0 aromatic heterocycles. The van der Waals surface area contributed by atoms with Gasteiger partial charge in [0.1, 0.15) is 5.75 Å². The van der Waals surface area contributed by atoms with E-state index in [9.17, 15) is 4.79 Å². The zero-order valence-electron chi connectivity index (χ0n) is 11.9. The van der Waals surface area contributed by atoms with Crippen molar-refractivity contribution >= 4 is 17.5 Å². The van der Waals surface area contributed by atoms with E-state index in [1.165, 1.54) is 5.56 Å². The summed E-state index contributed by atoms with van der Waals surface area (Å²) >= 11 is 5.89. The lowest BCUT2D eigenvalue weighted by molar-refractivity contribution is -0.123. The lowest BCUT2D eigenvalue weighted by Gasteiger charge is -2.08. The molecule has 0 aliphatic heterocycles. The van der Waals surface area contributed by atoms with Gasteiger partial charge in [-0.3, -0.25) is 4.79 Å². The maximum Gasteiger partial charge on any atom is 0.258 e. The van der Waals surface area contributed by atoms with E-state index in [2.05, 4.69) is 12.2 Å². The maximum absolute atomic E-state index is 11.7. The molecule has 0 saturated carbocycles. The highest BCUT2D eigenvalue weighted by Gasteiger charge is 2.03. The summed E-state index contributed by atoms with van der Waals surface area (Å²) in [6.45, 7) is 2.54. The van der Waals surface area contributed by atoms with Crippen molar-refractivity contribution in [1.29, 1.82) is 0 Å². The standard InChI is InChI=1S/C17H18ClNO2/c1-2-13-6-8-16(9-7-13)21-12-17(20)19-11-14-4-3-5-15(18)10-14/h3-10H,2,11-12H2,1H3,(H,19,20). The number of hydrogen-bond donors (Lipinski definition) is 1. The van der Waals surface area contributed by atoms with E-state index in [-0.39, 0.29) is 12.5 Å². The average molecular weight is 304 g/mol. The molecule has 1 amide bonds. The topological polar surface area (TPSA) is 38.3 Å². The highest BCUT2D eigenvalue weighted by atomic mass is 35.5. The molecule has 0 radical (unpaired) electrons. The fourth-order valence-electron chi connectivity index (χ4n) is 1.87. The van der Waals surface area contributed by atoms with Gasteiger partial charge in [-0.15, -0.1) is 0 Å². The normalized spacial score (nSPS) is 10.2. The number of benzene rings is 2. The van der Waals surface area contributed by atoms with E-state index in [0.29, 0.717) is 17.3 Å². The van der Waals surface area contributed by atoms with Gasteiger partial charge in [0.25, 0.3) is 5.91 Å². The van der Waals surface area contributed by atoms with Crippen LogP contribution in [0.15, 0.2) is 48.5 Å². The molecular weight excluding hydrogens is 286 g/mol. The van der Waals surface area contributed by atoms with Gasteiger partial charge in [-0.2, -0.15) is 0 Å². The van der Waals surface area contributed by atoms with Crippen molar-refractivity contribution in [3.05, 3.63) is 64.7 Å². The smallest absolute Gasteiger partial charge is 0.258 e. The van der Waals surface area contributed by atoms with Gasteiger partial charge in [-0.25, -0.2) is 0 Å². The molecule has 0 saturated heterocycles. The third-order valence-electron chi connectivity index (χ3n) is 3.08. The Hall–Kier alpha value is -2.00. The first-order valence-electron chi connectivity index (χ1n) is 6.90. The summed E-state index contributed by atoms with van der Waals surface area (Å²) in [6.07, 6.45) is 0.987. The van der Waals surface area contributed by atoms with Crippen molar-refractivity contribution in [2.24, 2.45) is 0 Å². The van der Waals surface area contributed by atoms with Crippen LogP contribution < -0.4 is 10.1 Å². The highest BCUT2D eigenvalue weighted by molar-refractivity contribution is 6.30. The summed E-state index contributed by atoms with van der Waals surface area (Å²) in [5.41, 5.74) is 2.20. The largest absolute Gasteiger partial charge is 0.484 e. The zero-order valence-corrected chi connectivity index (χ0v) is 12.7. The predicted molar refractivity (Wildman–Crippen MR) is 84.6 cm³/mol. The van der Waals surface area contributed by atoms with Crippen LogP contribution in [0.5, 0.6) is 5.75 Å². The molecule has 0 bridgehead atoms. The first-order chi connectivity index (χ1) is 10.2. The summed E-state index contributed by atoms with van der Waals surface area (Å²) in [6, 6.07) is 15.2. The second-order valence-corrected chi connectivity index (χ2v) is 5.13. The number of amides is 1. The Balaban J connectivity index is 1.76. The Labute approximate surface area is 129 Å². The Morgan fingerprint density at radius 1 is 1.14 bits per heavy atom. The number of hydrogen-bond acceptors (Lipinski definition) is 2. The number of aryl methyl sites for hydroxylation is 1. The molecule has 2 aromatic carbocycles. The van der Waals surface area contributed by atoms with Crippen molar-refractivity contribution in [2.45, 2.75) is 19.9 Å². The monoisotopic (exact) mass is 303 g/mol. The van der Waals surface area contributed by atoms with Gasteiger partial charge in [0.15, 0.2) is 6.61 Å². The third kappa shape index (κ3) is 5.12. The highest BCUT2D eigenvalue weighted by Crippen LogP contribution is 2.12. The van der Waals surface area contributed by atoms with Crippen LogP contribution in [0.2, 0.25) is 5.02 Å². The number of carbonyl (C=O) groups excluding carboxylic acids is 1. The molecule has 0 aliphatic carbocycles. The second kappa shape index (κ2) is 7.70. The second-order valence-electron chi connectivity index (χ2n) is 4.69. The Morgan fingerprint density at radius 2 is 1.90 bits per heavy atom. The van der Waals surface area contributed by atoms with E-state index in [1.807, 2.05) is 42.5 Å². The number of rotatable bonds is 6. The van der Waals surface area contributed by atoms with Gasteiger partial charge in [0.05, 0.1) is 0 Å². The summed E-state index contributed by atoms with van der Waals surface area (Å²) < 4.78 is 5.44. The summed E-state index contributed by atoms with van der Waals surface area (Å²) in [4.78, 5) is 11.7. The van der Waals surface area contributed by atoms with Gasteiger partial charge < -0.3 is 10.1 Å². The Morgan fingerprint density at radius 3 is 2.57 bits per heavy atom. The SMILES string of the molecule is CCc1ccc(OCC(=O)NCc2cccc(Cl)c2)cc1. The number of ether oxygens (including phenoxy) is 1. The summed E-state index contributed by atoms with van der Waals surface area (Å²) in [5, 5.41) is 3.46. The fraction of sp³-hybridized carbons (Fsp3) is 0.235. The lowest BCUT2D eigenvalue weighted by Crippen LogP contribution is -2.28. The first-order valence-corrected chi connectivity index (χ1v) is 7.28. The molecule has 21 heavy (non-hydrogen) atoms. The minimum Gasteiger partial charge on any atom is -0.484 e. The molecule has 1 N–H and O–H groups in total. The molecule has 0 atom stereocenters. The van der Waals surface area contributed by atoms with Crippen molar-refractivity contribution in [2.75, 3.05) is 6.61 Å². The Bertz CT molecular complexity index is 596. The molecule has 4 heteroatoms. The van der Waals surface area contributed by atoms with Crippen LogP contribution in [0.4, 0.5) is 0 Å². The summed E-state index contributed by atoms with van der Waals surface area (Å²) in [5.74, 6) is 0.541. The van der Waals surface area contributed by atoms with Crippen molar-refractivity contribution < 1.29 is 9.53 Å². The number of nitrogens with one attached hydrogen (secondary N) is 1. The van der Waals surface area contributed by atoms with Crippen LogP contribution in [-0.2, 0) is 17.8 Å². The van der Waals surface area contributed by atoms with Crippen LogP contribution in [-0.4, -0.2) is 12.5 Å². The van der Waals surface area contributed by atoms with Gasteiger partial charge >= 0.3 is 0 Å². The molecule has 0 aliphatic rings. The van der Waals surface area contributed by atoms with Gasteiger partial charge in [0.2, 0.25) is 0 Å². The van der Waals surface area contributed by atoms with E-state index in [0.717, 1.165) is 12.0 Å². The van der Waals surface area contributed by atoms with E-state index >= 15 is 0 Å². The molecule has 0 spiro atoms. The van der Waals surface area contributed by atoms with E-state index in [1.54, 1.807) is 6.07 Å². The predicted octanol–water partition coefficient (Wildman–Crippen LogP) is 3.60. The quantitative estimate of drug-likeness (QED) is 0.885. The van der Waals surface area contributed by atoms with Crippen molar-refractivity contribution in [3.8, 4) is 5.75 Å². The van der Waals surface area contributed by atoms with Crippen LogP contribution in [0, 0.1) is 0 Å².